The molecule has 0 unspecified atom stereocenters. The normalized spacial score (nSPS) is 10.7. The Morgan fingerprint density at radius 3 is 3.00 bits per heavy atom. The van der Waals surface area contributed by atoms with Crippen LogP contribution >= 0.6 is 11.6 Å². The van der Waals surface area contributed by atoms with Gasteiger partial charge in [-0.1, -0.05) is 23.7 Å². The van der Waals surface area contributed by atoms with Gasteiger partial charge in [-0.2, -0.15) is 0 Å². The largest absolute Gasteiger partial charge is 0.360 e. The average Bonchev–Trinajstić information content (AvgIpc) is 2.32. The van der Waals surface area contributed by atoms with Gasteiger partial charge in [0, 0.05) is 17.1 Å². The Balaban J connectivity index is 2.86. The van der Waals surface area contributed by atoms with Crippen LogP contribution in [-0.2, 0) is 0 Å². The second kappa shape index (κ2) is 2.28. The van der Waals surface area contributed by atoms with Crippen LogP contribution < -0.4 is 0 Å². The van der Waals surface area contributed by atoms with E-state index in [-0.39, 0.29) is 0 Å². The van der Waals surface area contributed by atoms with E-state index in [9.17, 15) is 0 Å². The summed E-state index contributed by atoms with van der Waals surface area (Å²) >= 11 is 5.89. The fraction of sp³-hybridized carbons (Fsp3) is 0.111. The molecular formula is C9H8ClN. The second-order valence-electron chi connectivity index (χ2n) is 2.69. The van der Waals surface area contributed by atoms with Crippen molar-refractivity contribution in [2.75, 3.05) is 0 Å². The van der Waals surface area contributed by atoms with Gasteiger partial charge in [0.1, 0.15) is 0 Å². The Kier molecular flexibility index (Phi) is 1.40. The lowest BCUT2D eigenvalue weighted by Gasteiger charge is -1.91. The number of hydrogen-bond acceptors (Lipinski definition) is 0. The molecule has 2 rings (SSSR count). The molecule has 0 radical (unpaired) electrons. The smallest absolute Gasteiger partial charge is 0.0659 e. The monoisotopic (exact) mass is 165 g/mol. The molecule has 1 aromatic carbocycles. The molecule has 0 aliphatic rings. The lowest BCUT2D eigenvalue weighted by molar-refractivity contribution is 1.44. The maximum atomic E-state index is 5.89. The van der Waals surface area contributed by atoms with Gasteiger partial charge in [0.25, 0.3) is 0 Å². The van der Waals surface area contributed by atoms with Crippen molar-refractivity contribution in [2.24, 2.45) is 0 Å². The Morgan fingerprint density at radius 2 is 2.18 bits per heavy atom. The standard InChI is InChI=1S/C9H8ClN/c1-6-2-3-7-8(10)5-11-9(7)4-6/h2-5,11H,1H3. The molecule has 0 aliphatic heterocycles. The van der Waals surface area contributed by atoms with Crippen molar-refractivity contribution in [1.82, 2.24) is 4.98 Å². The molecule has 2 heteroatoms. The minimum Gasteiger partial charge on any atom is -0.360 e. The number of H-pyrrole nitrogens is 1. The molecular weight excluding hydrogens is 158 g/mol. The van der Waals surface area contributed by atoms with Gasteiger partial charge in [0.2, 0.25) is 0 Å². The number of aryl methyl sites for hydroxylation is 1. The highest BCUT2D eigenvalue weighted by atomic mass is 35.5. The molecule has 0 atom stereocenters. The highest BCUT2D eigenvalue weighted by molar-refractivity contribution is 6.35. The van der Waals surface area contributed by atoms with E-state index in [0.717, 1.165) is 15.9 Å². The molecule has 0 bridgehead atoms. The number of fused-ring (bicyclic) bond motifs is 1. The molecule has 0 amide bonds. The number of aromatic amines is 1. The third-order valence-electron chi connectivity index (χ3n) is 1.79. The molecule has 1 heterocycles. The molecule has 1 N–H and O–H groups in total. The summed E-state index contributed by atoms with van der Waals surface area (Å²) in [6, 6.07) is 6.17. The molecule has 0 spiro atoms. The van der Waals surface area contributed by atoms with Crippen molar-refractivity contribution < 1.29 is 0 Å². The van der Waals surface area contributed by atoms with Crippen LogP contribution in [0.1, 0.15) is 5.56 Å². The van der Waals surface area contributed by atoms with Gasteiger partial charge >= 0.3 is 0 Å². The quantitative estimate of drug-likeness (QED) is 0.618. The van der Waals surface area contributed by atoms with E-state index in [0.29, 0.717) is 0 Å². The first-order chi connectivity index (χ1) is 5.27. The van der Waals surface area contributed by atoms with E-state index in [2.05, 4.69) is 24.0 Å². The Labute approximate surface area is 70.0 Å². The summed E-state index contributed by atoms with van der Waals surface area (Å²) in [5.74, 6) is 0. The number of halogens is 1. The number of nitrogens with one attached hydrogen (secondary N) is 1. The van der Waals surface area contributed by atoms with E-state index in [1.54, 1.807) is 0 Å². The first kappa shape index (κ1) is 6.74. The minimum atomic E-state index is 0.792. The highest BCUT2D eigenvalue weighted by Gasteiger charge is 1.98. The highest BCUT2D eigenvalue weighted by Crippen LogP contribution is 2.22. The molecule has 11 heavy (non-hydrogen) atoms. The van der Waals surface area contributed by atoms with E-state index < -0.39 is 0 Å². The molecule has 1 nitrogen and oxygen atoms in total. The van der Waals surface area contributed by atoms with Crippen molar-refractivity contribution in [3.8, 4) is 0 Å². The van der Waals surface area contributed by atoms with Gasteiger partial charge in [-0.15, -0.1) is 0 Å². The van der Waals surface area contributed by atoms with Crippen molar-refractivity contribution in [3.05, 3.63) is 35.0 Å². The average molecular weight is 166 g/mol. The first-order valence-electron chi connectivity index (χ1n) is 3.50. The van der Waals surface area contributed by atoms with Crippen LogP contribution in [0, 0.1) is 6.92 Å². The zero-order chi connectivity index (χ0) is 7.84. The summed E-state index contributed by atoms with van der Waals surface area (Å²) in [5, 5.41) is 1.89. The molecule has 2 aromatic rings. The number of benzene rings is 1. The van der Waals surface area contributed by atoms with E-state index >= 15 is 0 Å². The zero-order valence-electron chi connectivity index (χ0n) is 6.19. The third kappa shape index (κ3) is 1.02. The van der Waals surface area contributed by atoms with Gasteiger partial charge in [-0.25, -0.2) is 0 Å². The Morgan fingerprint density at radius 1 is 1.36 bits per heavy atom. The van der Waals surface area contributed by atoms with E-state index in [4.69, 9.17) is 11.6 Å². The van der Waals surface area contributed by atoms with Crippen LogP contribution in [0.15, 0.2) is 24.4 Å². The van der Waals surface area contributed by atoms with Gasteiger partial charge in [0.15, 0.2) is 0 Å². The van der Waals surface area contributed by atoms with Gasteiger partial charge in [-0.05, 0) is 18.6 Å². The molecule has 1 aromatic heterocycles. The number of aromatic nitrogens is 1. The molecule has 0 aliphatic carbocycles. The van der Waals surface area contributed by atoms with Crippen LogP contribution in [0.2, 0.25) is 5.02 Å². The predicted octanol–water partition coefficient (Wildman–Crippen LogP) is 3.13. The number of rotatable bonds is 0. The van der Waals surface area contributed by atoms with Crippen LogP contribution in [0.4, 0.5) is 0 Å². The van der Waals surface area contributed by atoms with Crippen LogP contribution in [0.5, 0.6) is 0 Å². The Hall–Kier alpha value is -0.950. The zero-order valence-corrected chi connectivity index (χ0v) is 6.94. The summed E-state index contributed by atoms with van der Waals surface area (Å²) in [5.41, 5.74) is 2.35. The second-order valence-corrected chi connectivity index (χ2v) is 3.09. The van der Waals surface area contributed by atoms with Gasteiger partial charge in [-0.3, -0.25) is 0 Å². The maximum Gasteiger partial charge on any atom is 0.0659 e. The third-order valence-corrected chi connectivity index (χ3v) is 2.10. The van der Waals surface area contributed by atoms with Crippen LogP contribution in [-0.4, -0.2) is 4.98 Å². The maximum absolute atomic E-state index is 5.89. The predicted molar refractivity (Wildman–Crippen MR) is 48.0 cm³/mol. The fourth-order valence-corrected chi connectivity index (χ4v) is 1.42. The van der Waals surface area contributed by atoms with E-state index in [1.165, 1.54) is 5.56 Å². The van der Waals surface area contributed by atoms with Crippen LogP contribution in [0.3, 0.4) is 0 Å². The van der Waals surface area contributed by atoms with Crippen molar-refractivity contribution in [3.63, 3.8) is 0 Å². The summed E-state index contributed by atoms with van der Waals surface area (Å²) in [6.45, 7) is 2.06. The lowest BCUT2D eigenvalue weighted by Crippen LogP contribution is -1.70. The SMILES string of the molecule is Cc1ccc2c(Cl)c[nH]c2c1. The topological polar surface area (TPSA) is 15.8 Å². The fourth-order valence-electron chi connectivity index (χ4n) is 1.20. The van der Waals surface area contributed by atoms with Gasteiger partial charge in [0.05, 0.1) is 5.02 Å². The van der Waals surface area contributed by atoms with Crippen LogP contribution in [0.25, 0.3) is 10.9 Å². The lowest BCUT2D eigenvalue weighted by atomic mass is 10.2. The van der Waals surface area contributed by atoms with Gasteiger partial charge < -0.3 is 4.98 Å². The summed E-state index contributed by atoms with van der Waals surface area (Å²) in [6.07, 6.45) is 1.81. The summed E-state index contributed by atoms with van der Waals surface area (Å²) in [7, 11) is 0. The summed E-state index contributed by atoms with van der Waals surface area (Å²) < 4.78 is 0. The molecule has 0 saturated carbocycles. The Bertz CT molecular complexity index is 389. The molecule has 56 valence electrons. The molecule has 0 fully saturated rings. The van der Waals surface area contributed by atoms with E-state index in [1.807, 2.05) is 12.3 Å². The minimum absolute atomic E-state index is 0.792. The summed E-state index contributed by atoms with van der Waals surface area (Å²) in [4.78, 5) is 3.10. The first-order valence-corrected chi connectivity index (χ1v) is 3.88. The van der Waals surface area contributed by atoms with Crippen molar-refractivity contribution in [1.29, 1.82) is 0 Å². The van der Waals surface area contributed by atoms with Crippen molar-refractivity contribution in [2.45, 2.75) is 6.92 Å². The van der Waals surface area contributed by atoms with Crippen molar-refractivity contribution >= 4 is 22.5 Å². The number of hydrogen-bond donors (Lipinski definition) is 1. The molecule has 0 saturated heterocycles.